The van der Waals surface area contributed by atoms with E-state index in [1.54, 1.807) is 7.11 Å². The second-order valence-electron chi connectivity index (χ2n) is 5.26. The average Bonchev–Trinajstić information content (AvgIpc) is 3.19. The van der Waals surface area contributed by atoms with Gasteiger partial charge in [0.15, 0.2) is 5.82 Å². The number of hydrogen-bond acceptors (Lipinski definition) is 5. The van der Waals surface area contributed by atoms with E-state index in [1.165, 1.54) is 5.56 Å². The molecule has 1 unspecified atom stereocenters. The number of hydrogen-bond donors (Lipinski definition) is 1. The van der Waals surface area contributed by atoms with E-state index in [4.69, 9.17) is 15.0 Å². The average molecular weight is 273 g/mol. The summed E-state index contributed by atoms with van der Waals surface area (Å²) in [6, 6.07) is 10.4. The number of aromatic nitrogens is 2. The van der Waals surface area contributed by atoms with E-state index in [0.29, 0.717) is 18.9 Å². The number of benzene rings is 1. The highest BCUT2D eigenvalue weighted by molar-refractivity contribution is 5.38. The molecule has 3 rings (SSSR count). The lowest BCUT2D eigenvalue weighted by Crippen LogP contribution is -2.24. The first-order chi connectivity index (χ1) is 9.78. The van der Waals surface area contributed by atoms with Crippen LogP contribution in [-0.4, -0.2) is 29.9 Å². The van der Waals surface area contributed by atoms with Crippen molar-refractivity contribution in [2.75, 3.05) is 13.7 Å². The van der Waals surface area contributed by atoms with Crippen molar-refractivity contribution < 1.29 is 9.26 Å². The third kappa shape index (κ3) is 2.34. The molecule has 0 spiro atoms. The highest BCUT2D eigenvalue weighted by Crippen LogP contribution is 2.52. The molecule has 0 bridgehead atoms. The molecule has 1 aromatic heterocycles. The molecule has 106 valence electrons. The summed E-state index contributed by atoms with van der Waals surface area (Å²) in [7, 11) is 1.64. The Morgan fingerprint density at radius 2 is 2.10 bits per heavy atom. The number of nitrogens with zero attached hydrogens (tertiary/aromatic N) is 2. The van der Waals surface area contributed by atoms with Gasteiger partial charge in [-0.1, -0.05) is 35.5 Å². The zero-order valence-corrected chi connectivity index (χ0v) is 11.6. The highest BCUT2D eigenvalue weighted by atomic mass is 16.5. The van der Waals surface area contributed by atoms with E-state index in [0.717, 1.165) is 18.7 Å². The standard InChI is InChI=1S/C15H19N3O2/c1-19-12(10-16)9-13-17-14(18-20-13)15(7-8-15)11-5-3-2-4-6-11/h2-6,12H,7-10,16H2,1H3. The summed E-state index contributed by atoms with van der Waals surface area (Å²) in [5.74, 6) is 1.38. The van der Waals surface area contributed by atoms with Gasteiger partial charge in [-0.2, -0.15) is 4.98 Å². The van der Waals surface area contributed by atoms with E-state index in [-0.39, 0.29) is 11.5 Å². The van der Waals surface area contributed by atoms with Gasteiger partial charge in [-0.15, -0.1) is 0 Å². The molecule has 0 saturated heterocycles. The third-order valence-corrected chi connectivity index (χ3v) is 3.97. The van der Waals surface area contributed by atoms with Gasteiger partial charge in [0.05, 0.1) is 17.9 Å². The maximum atomic E-state index is 5.61. The van der Waals surface area contributed by atoms with Gasteiger partial charge in [-0.05, 0) is 18.4 Å². The predicted octanol–water partition coefficient (Wildman–Crippen LogP) is 1.67. The summed E-state index contributed by atoms with van der Waals surface area (Å²) in [4.78, 5) is 4.54. The van der Waals surface area contributed by atoms with E-state index in [9.17, 15) is 0 Å². The van der Waals surface area contributed by atoms with Crippen LogP contribution in [-0.2, 0) is 16.6 Å². The molecule has 0 aliphatic heterocycles. The smallest absolute Gasteiger partial charge is 0.229 e. The van der Waals surface area contributed by atoms with Crippen LogP contribution in [0.25, 0.3) is 0 Å². The van der Waals surface area contributed by atoms with Crippen LogP contribution < -0.4 is 5.73 Å². The predicted molar refractivity (Wildman–Crippen MR) is 74.3 cm³/mol. The molecule has 0 amide bonds. The number of nitrogens with two attached hydrogens (primary N) is 1. The molecular formula is C15H19N3O2. The van der Waals surface area contributed by atoms with Crippen LogP contribution in [0.5, 0.6) is 0 Å². The fourth-order valence-corrected chi connectivity index (χ4v) is 2.51. The zero-order chi connectivity index (χ0) is 14.0. The zero-order valence-electron chi connectivity index (χ0n) is 11.6. The Balaban J connectivity index is 1.80. The molecular weight excluding hydrogens is 254 g/mol. The Morgan fingerprint density at radius 1 is 1.35 bits per heavy atom. The van der Waals surface area contributed by atoms with Crippen molar-refractivity contribution in [3.63, 3.8) is 0 Å². The van der Waals surface area contributed by atoms with Crippen LogP contribution in [0.4, 0.5) is 0 Å². The number of rotatable bonds is 6. The molecule has 2 N–H and O–H groups in total. The van der Waals surface area contributed by atoms with E-state index < -0.39 is 0 Å². The molecule has 1 atom stereocenters. The first-order valence-electron chi connectivity index (χ1n) is 6.90. The normalized spacial score (nSPS) is 17.9. The van der Waals surface area contributed by atoms with Crippen molar-refractivity contribution >= 4 is 0 Å². The van der Waals surface area contributed by atoms with Gasteiger partial charge in [0.1, 0.15) is 0 Å². The summed E-state index contributed by atoms with van der Waals surface area (Å²) in [6.45, 7) is 0.443. The van der Waals surface area contributed by atoms with Crippen molar-refractivity contribution in [2.24, 2.45) is 5.73 Å². The molecule has 2 aromatic rings. The van der Waals surface area contributed by atoms with E-state index in [2.05, 4.69) is 22.3 Å². The Bertz CT molecular complexity index is 560. The minimum Gasteiger partial charge on any atom is -0.380 e. The molecule has 1 saturated carbocycles. The van der Waals surface area contributed by atoms with Crippen LogP contribution in [0.1, 0.15) is 30.1 Å². The minimum atomic E-state index is -0.0739. The lowest BCUT2D eigenvalue weighted by atomic mass is 9.95. The van der Waals surface area contributed by atoms with Crippen molar-refractivity contribution in [3.05, 3.63) is 47.6 Å². The van der Waals surface area contributed by atoms with E-state index >= 15 is 0 Å². The molecule has 20 heavy (non-hydrogen) atoms. The van der Waals surface area contributed by atoms with Crippen molar-refractivity contribution in [3.8, 4) is 0 Å². The van der Waals surface area contributed by atoms with Crippen LogP contribution in [0.3, 0.4) is 0 Å². The quantitative estimate of drug-likeness (QED) is 0.866. The van der Waals surface area contributed by atoms with E-state index in [1.807, 2.05) is 18.2 Å². The van der Waals surface area contributed by atoms with Gasteiger partial charge in [0.2, 0.25) is 5.89 Å². The largest absolute Gasteiger partial charge is 0.380 e. The summed E-state index contributed by atoms with van der Waals surface area (Å²) in [6.07, 6.45) is 2.63. The van der Waals surface area contributed by atoms with Crippen molar-refractivity contribution in [2.45, 2.75) is 30.8 Å². The number of ether oxygens (including phenoxy) is 1. The van der Waals surface area contributed by atoms with Crippen LogP contribution in [0, 0.1) is 0 Å². The van der Waals surface area contributed by atoms with Gasteiger partial charge in [-0.25, -0.2) is 0 Å². The summed E-state index contributed by atoms with van der Waals surface area (Å²) >= 11 is 0. The molecule has 0 radical (unpaired) electrons. The maximum Gasteiger partial charge on any atom is 0.229 e. The second kappa shape index (κ2) is 5.34. The molecule has 5 heteroatoms. The fraction of sp³-hybridized carbons (Fsp3) is 0.467. The van der Waals surface area contributed by atoms with Gasteiger partial charge in [0, 0.05) is 13.7 Å². The Labute approximate surface area is 118 Å². The lowest BCUT2D eigenvalue weighted by molar-refractivity contribution is 0.102. The molecule has 1 aliphatic carbocycles. The number of methoxy groups -OCH3 is 1. The summed E-state index contributed by atoms with van der Waals surface area (Å²) in [5.41, 5.74) is 6.82. The highest BCUT2D eigenvalue weighted by Gasteiger charge is 2.49. The van der Waals surface area contributed by atoms with Gasteiger partial charge in [0.25, 0.3) is 0 Å². The SMILES string of the molecule is COC(CN)Cc1nc(C2(c3ccccc3)CC2)no1. The Hall–Kier alpha value is -1.72. The molecule has 5 nitrogen and oxygen atoms in total. The first-order valence-corrected chi connectivity index (χ1v) is 6.90. The lowest BCUT2D eigenvalue weighted by Gasteiger charge is -2.10. The first kappa shape index (κ1) is 13.3. The van der Waals surface area contributed by atoms with Crippen LogP contribution in [0.15, 0.2) is 34.9 Å². The van der Waals surface area contributed by atoms with Gasteiger partial charge in [-0.3, -0.25) is 0 Å². The minimum absolute atomic E-state index is 0.0473. The Morgan fingerprint density at radius 3 is 2.70 bits per heavy atom. The van der Waals surface area contributed by atoms with Crippen molar-refractivity contribution in [1.29, 1.82) is 0 Å². The van der Waals surface area contributed by atoms with Gasteiger partial charge < -0.3 is 15.0 Å². The molecule has 1 aliphatic rings. The third-order valence-electron chi connectivity index (χ3n) is 3.97. The van der Waals surface area contributed by atoms with Crippen LogP contribution >= 0.6 is 0 Å². The topological polar surface area (TPSA) is 74.2 Å². The van der Waals surface area contributed by atoms with Crippen molar-refractivity contribution in [1.82, 2.24) is 10.1 Å². The van der Waals surface area contributed by atoms with Gasteiger partial charge >= 0.3 is 0 Å². The molecule has 1 aromatic carbocycles. The van der Waals surface area contributed by atoms with Crippen LogP contribution in [0.2, 0.25) is 0 Å². The molecule has 1 fully saturated rings. The summed E-state index contributed by atoms with van der Waals surface area (Å²) in [5, 5.41) is 4.17. The second-order valence-corrected chi connectivity index (χ2v) is 5.26. The summed E-state index contributed by atoms with van der Waals surface area (Å²) < 4.78 is 10.6. The molecule has 1 heterocycles. The monoisotopic (exact) mass is 273 g/mol. The Kier molecular flexibility index (Phi) is 3.54. The maximum absolute atomic E-state index is 5.61. The fourth-order valence-electron chi connectivity index (χ4n) is 2.51.